The van der Waals surface area contributed by atoms with Crippen LogP contribution >= 0.6 is 11.8 Å². The summed E-state index contributed by atoms with van der Waals surface area (Å²) in [6.07, 6.45) is 4.99. The normalized spacial score (nSPS) is 23.3. The van der Waals surface area contributed by atoms with Crippen LogP contribution in [0.3, 0.4) is 0 Å². The first-order valence-electron chi connectivity index (χ1n) is 7.57. The van der Waals surface area contributed by atoms with Crippen molar-refractivity contribution >= 4 is 17.8 Å². The average molecular weight is 344 g/mol. The van der Waals surface area contributed by atoms with Crippen LogP contribution < -0.4 is 10.6 Å². The lowest BCUT2D eigenvalue weighted by Gasteiger charge is -2.25. The molecule has 0 aromatic heterocycles. The number of hydrogen-bond donors (Lipinski definition) is 3. The Hall–Kier alpha value is -1.34. The van der Waals surface area contributed by atoms with Gasteiger partial charge in [-0.3, -0.25) is 0 Å². The summed E-state index contributed by atoms with van der Waals surface area (Å²) in [5.74, 6) is -1.55. The molecule has 0 radical (unpaired) electrons. The van der Waals surface area contributed by atoms with E-state index in [9.17, 15) is 18.7 Å². The highest BCUT2D eigenvalue weighted by Crippen LogP contribution is 2.28. The quantitative estimate of drug-likeness (QED) is 0.770. The second kappa shape index (κ2) is 7.49. The van der Waals surface area contributed by atoms with Gasteiger partial charge in [0.2, 0.25) is 0 Å². The molecular weight excluding hydrogens is 322 g/mol. The van der Waals surface area contributed by atoms with Gasteiger partial charge in [0.15, 0.2) is 0 Å². The minimum atomic E-state index is -1.62. The second-order valence-corrected chi connectivity index (χ2v) is 7.23. The van der Waals surface area contributed by atoms with Crippen molar-refractivity contribution in [1.82, 2.24) is 10.6 Å². The number of rotatable bonds is 5. The zero-order chi connectivity index (χ0) is 17.0. The van der Waals surface area contributed by atoms with Crippen molar-refractivity contribution in [3.05, 3.63) is 35.4 Å². The predicted molar refractivity (Wildman–Crippen MR) is 87.4 cm³/mol. The van der Waals surface area contributed by atoms with Gasteiger partial charge >= 0.3 is 6.03 Å². The molecular formula is C16H22F2N2O2S. The number of nitrogens with one attached hydrogen (secondary N) is 2. The molecule has 0 spiro atoms. The van der Waals surface area contributed by atoms with E-state index in [-0.39, 0.29) is 24.2 Å². The second-order valence-electron chi connectivity index (χ2n) is 6.09. The number of carbonyl (C=O) groups is 1. The maximum absolute atomic E-state index is 13.7. The third-order valence-electron chi connectivity index (χ3n) is 4.16. The third kappa shape index (κ3) is 4.81. The number of aliphatic hydroxyl groups is 1. The van der Waals surface area contributed by atoms with Crippen LogP contribution in [0.2, 0.25) is 0 Å². The number of carbonyl (C=O) groups excluding carboxylic acids is 1. The van der Waals surface area contributed by atoms with Gasteiger partial charge in [-0.15, -0.1) is 0 Å². The van der Waals surface area contributed by atoms with Crippen molar-refractivity contribution in [3.63, 3.8) is 0 Å². The molecule has 7 heteroatoms. The van der Waals surface area contributed by atoms with Crippen molar-refractivity contribution in [3.8, 4) is 0 Å². The summed E-state index contributed by atoms with van der Waals surface area (Å²) in [4.78, 5) is 11.9. The van der Waals surface area contributed by atoms with Gasteiger partial charge < -0.3 is 15.7 Å². The van der Waals surface area contributed by atoms with Gasteiger partial charge in [-0.1, -0.05) is 6.07 Å². The summed E-state index contributed by atoms with van der Waals surface area (Å²) in [5, 5.41) is 16.3. The largest absolute Gasteiger partial charge is 0.383 e. The topological polar surface area (TPSA) is 61.4 Å². The van der Waals surface area contributed by atoms with Crippen molar-refractivity contribution in [1.29, 1.82) is 0 Å². The fourth-order valence-corrected chi connectivity index (χ4v) is 3.59. The Bertz CT molecular complexity index is 569. The lowest BCUT2D eigenvalue weighted by Crippen LogP contribution is -2.46. The Morgan fingerprint density at radius 3 is 2.78 bits per heavy atom. The van der Waals surface area contributed by atoms with Crippen LogP contribution in [0.1, 0.15) is 31.7 Å². The molecule has 1 aromatic rings. The van der Waals surface area contributed by atoms with E-state index in [1.165, 1.54) is 13.0 Å². The SMILES string of the molecule is CSC1CCC(NC(=O)NCC(C)(O)c2ccc(F)cc2F)C1. The summed E-state index contributed by atoms with van der Waals surface area (Å²) < 4.78 is 26.7. The van der Waals surface area contributed by atoms with Crippen LogP contribution in [0.15, 0.2) is 18.2 Å². The molecule has 0 saturated heterocycles. The van der Waals surface area contributed by atoms with E-state index < -0.39 is 17.2 Å². The van der Waals surface area contributed by atoms with Gasteiger partial charge in [0.1, 0.15) is 17.2 Å². The van der Waals surface area contributed by atoms with Crippen LogP contribution in [0, 0.1) is 11.6 Å². The minimum Gasteiger partial charge on any atom is -0.383 e. The highest BCUT2D eigenvalue weighted by atomic mass is 32.2. The van der Waals surface area contributed by atoms with E-state index in [0.717, 1.165) is 25.3 Å². The van der Waals surface area contributed by atoms with Gasteiger partial charge in [-0.25, -0.2) is 13.6 Å². The van der Waals surface area contributed by atoms with Crippen molar-refractivity contribution in [2.75, 3.05) is 12.8 Å². The molecule has 0 aliphatic heterocycles. The van der Waals surface area contributed by atoms with Crippen molar-refractivity contribution in [2.45, 2.75) is 43.1 Å². The number of thioether (sulfide) groups is 1. The van der Waals surface area contributed by atoms with Gasteiger partial charge in [0.05, 0.1) is 6.54 Å². The molecule has 1 aliphatic carbocycles. The third-order valence-corrected chi connectivity index (χ3v) is 5.25. The highest BCUT2D eigenvalue weighted by Gasteiger charge is 2.29. The van der Waals surface area contributed by atoms with E-state index in [2.05, 4.69) is 16.9 Å². The lowest BCUT2D eigenvalue weighted by atomic mass is 9.95. The van der Waals surface area contributed by atoms with E-state index in [1.807, 2.05) is 0 Å². The molecule has 0 heterocycles. The predicted octanol–water partition coefficient (Wildman–Crippen LogP) is 2.76. The van der Waals surface area contributed by atoms with E-state index in [4.69, 9.17) is 0 Å². The fraction of sp³-hybridized carbons (Fsp3) is 0.562. The van der Waals surface area contributed by atoms with Gasteiger partial charge in [-0.05, 0) is 38.5 Å². The molecule has 23 heavy (non-hydrogen) atoms. The molecule has 3 unspecified atom stereocenters. The van der Waals surface area contributed by atoms with Gasteiger partial charge in [-0.2, -0.15) is 11.8 Å². The standard InChI is InChI=1S/C16H22F2N2O2S/c1-16(22,13-6-3-10(17)7-14(13)18)9-19-15(21)20-11-4-5-12(8-11)23-2/h3,6-7,11-12,22H,4-5,8-9H2,1-2H3,(H2,19,20,21). The Labute approximate surface area is 139 Å². The molecule has 3 atom stereocenters. The maximum atomic E-state index is 13.7. The molecule has 1 aromatic carbocycles. The zero-order valence-electron chi connectivity index (χ0n) is 13.2. The smallest absolute Gasteiger partial charge is 0.315 e. The van der Waals surface area contributed by atoms with Gasteiger partial charge in [0.25, 0.3) is 0 Å². The summed E-state index contributed by atoms with van der Waals surface area (Å²) in [6, 6.07) is 2.71. The molecule has 1 aliphatic rings. The first kappa shape index (κ1) is 18.0. The van der Waals surface area contributed by atoms with Crippen molar-refractivity contribution in [2.24, 2.45) is 0 Å². The minimum absolute atomic E-state index is 0.0532. The fourth-order valence-electron chi connectivity index (χ4n) is 2.80. The molecule has 4 nitrogen and oxygen atoms in total. The van der Waals surface area contributed by atoms with Crippen molar-refractivity contribution < 1.29 is 18.7 Å². The lowest BCUT2D eigenvalue weighted by molar-refractivity contribution is 0.0554. The number of amides is 2. The first-order chi connectivity index (χ1) is 10.8. The average Bonchev–Trinajstić information content (AvgIpc) is 2.92. The summed E-state index contributed by atoms with van der Waals surface area (Å²) in [7, 11) is 0. The van der Waals surface area contributed by atoms with Crippen LogP contribution in [0.4, 0.5) is 13.6 Å². The molecule has 2 amide bonds. The maximum Gasteiger partial charge on any atom is 0.315 e. The Morgan fingerprint density at radius 2 is 2.17 bits per heavy atom. The monoisotopic (exact) mass is 344 g/mol. The van der Waals surface area contributed by atoms with E-state index in [1.54, 1.807) is 11.8 Å². The molecule has 3 N–H and O–H groups in total. The summed E-state index contributed by atoms with van der Waals surface area (Å²) in [5.41, 5.74) is -1.67. The van der Waals surface area contributed by atoms with Crippen LogP contribution in [0.25, 0.3) is 0 Å². The summed E-state index contributed by atoms with van der Waals surface area (Å²) in [6.45, 7) is 1.21. The number of halogens is 2. The van der Waals surface area contributed by atoms with E-state index in [0.29, 0.717) is 11.3 Å². The molecule has 128 valence electrons. The molecule has 1 fully saturated rings. The van der Waals surface area contributed by atoms with Crippen LogP contribution in [-0.4, -0.2) is 35.2 Å². The van der Waals surface area contributed by atoms with Gasteiger partial charge in [0, 0.05) is 22.9 Å². The summed E-state index contributed by atoms with van der Waals surface area (Å²) >= 11 is 1.80. The Balaban J connectivity index is 1.87. The zero-order valence-corrected chi connectivity index (χ0v) is 14.1. The number of hydrogen-bond acceptors (Lipinski definition) is 3. The van der Waals surface area contributed by atoms with Crippen LogP contribution in [-0.2, 0) is 5.60 Å². The highest BCUT2D eigenvalue weighted by molar-refractivity contribution is 7.99. The number of urea groups is 1. The first-order valence-corrected chi connectivity index (χ1v) is 8.85. The molecule has 2 rings (SSSR count). The molecule has 0 bridgehead atoms. The Morgan fingerprint density at radius 1 is 1.43 bits per heavy atom. The number of benzene rings is 1. The molecule has 1 saturated carbocycles. The van der Waals surface area contributed by atoms with Crippen LogP contribution in [0.5, 0.6) is 0 Å². The Kier molecular flexibility index (Phi) is 5.86. The van der Waals surface area contributed by atoms with E-state index >= 15 is 0 Å².